The Morgan fingerprint density at radius 2 is 2.10 bits per heavy atom. The van der Waals surface area contributed by atoms with Crippen LogP contribution in [-0.2, 0) is 6.54 Å². The highest BCUT2D eigenvalue weighted by molar-refractivity contribution is 5.78. The van der Waals surface area contributed by atoms with Gasteiger partial charge in [0, 0.05) is 12.6 Å². The second kappa shape index (κ2) is 6.75. The lowest BCUT2D eigenvalue weighted by Crippen LogP contribution is -2.13. The van der Waals surface area contributed by atoms with Gasteiger partial charge >= 0.3 is 0 Å². The van der Waals surface area contributed by atoms with E-state index in [9.17, 15) is 0 Å². The maximum absolute atomic E-state index is 6.05. The summed E-state index contributed by atoms with van der Waals surface area (Å²) in [6.07, 6.45) is 3.31. The number of nitrogens with zero attached hydrogens (tertiary/aromatic N) is 2. The van der Waals surface area contributed by atoms with E-state index < -0.39 is 0 Å². The van der Waals surface area contributed by atoms with Crippen molar-refractivity contribution in [3.8, 4) is 5.75 Å². The van der Waals surface area contributed by atoms with Crippen LogP contribution in [-0.4, -0.2) is 16.2 Å². The van der Waals surface area contributed by atoms with Crippen LogP contribution in [0.5, 0.6) is 5.75 Å². The predicted octanol–water partition coefficient (Wildman–Crippen LogP) is 3.64. The van der Waals surface area contributed by atoms with Crippen LogP contribution in [0.3, 0.4) is 0 Å². The van der Waals surface area contributed by atoms with E-state index in [-0.39, 0.29) is 6.04 Å². The second-order valence-corrected chi connectivity index (χ2v) is 5.26. The largest absolute Gasteiger partial charge is 0.494 e. The van der Waals surface area contributed by atoms with E-state index in [1.807, 2.05) is 19.1 Å². The quantitative estimate of drug-likeness (QED) is 0.839. The van der Waals surface area contributed by atoms with Gasteiger partial charge in [0.05, 0.1) is 23.7 Å². The first kappa shape index (κ1) is 14.9. The van der Waals surface area contributed by atoms with Gasteiger partial charge in [-0.25, -0.2) is 4.98 Å². The van der Waals surface area contributed by atoms with E-state index in [2.05, 4.69) is 24.5 Å². The molecule has 2 rings (SSSR count). The number of unbranched alkanes of at least 4 members (excludes halogenated alkanes) is 1. The molecule has 0 aliphatic rings. The summed E-state index contributed by atoms with van der Waals surface area (Å²) >= 11 is 0. The number of fused-ring (bicyclic) bond motifs is 1. The molecule has 0 amide bonds. The van der Waals surface area contributed by atoms with Crippen molar-refractivity contribution >= 4 is 11.0 Å². The third kappa shape index (κ3) is 3.12. The molecule has 1 atom stereocenters. The highest BCUT2D eigenvalue weighted by Gasteiger charge is 2.14. The summed E-state index contributed by atoms with van der Waals surface area (Å²) in [6, 6.07) is 6.07. The molecular weight excluding hydrogens is 250 g/mol. The van der Waals surface area contributed by atoms with Crippen molar-refractivity contribution in [3.05, 3.63) is 24.0 Å². The van der Waals surface area contributed by atoms with Gasteiger partial charge in [0.1, 0.15) is 11.6 Å². The summed E-state index contributed by atoms with van der Waals surface area (Å²) in [5.74, 6) is 1.84. The lowest BCUT2D eigenvalue weighted by Gasteiger charge is -2.10. The van der Waals surface area contributed by atoms with E-state index in [4.69, 9.17) is 15.5 Å². The molecule has 4 heteroatoms. The fourth-order valence-electron chi connectivity index (χ4n) is 2.34. The second-order valence-electron chi connectivity index (χ2n) is 5.26. The number of ether oxygens (including phenoxy) is 1. The van der Waals surface area contributed by atoms with Crippen molar-refractivity contribution in [3.63, 3.8) is 0 Å². The summed E-state index contributed by atoms with van der Waals surface area (Å²) in [5, 5.41) is 0. The van der Waals surface area contributed by atoms with Crippen LogP contribution >= 0.6 is 0 Å². The molecule has 1 aromatic heterocycles. The van der Waals surface area contributed by atoms with Gasteiger partial charge in [-0.2, -0.15) is 0 Å². The van der Waals surface area contributed by atoms with Gasteiger partial charge in [0.25, 0.3) is 0 Å². The van der Waals surface area contributed by atoms with Crippen molar-refractivity contribution in [2.75, 3.05) is 6.61 Å². The average Bonchev–Trinajstić information content (AvgIpc) is 2.81. The van der Waals surface area contributed by atoms with Crippen LogP contribution in [0.15, 0.2) is 18.2 Å². The first-order chi connectivity index (χ1) is 9.67. The molecule has 0 aliphatic heterocycles. The zero-order chi connectivity index (χ0) is 14.5. The molecule has 0 spiro atoms. The van der Waals surface area contributed by atoms with Gasteiger partial charge in [-0.3, -0.25) is 0 Å². The summed E-state index contributed by atoms with van der Waals surface area (Å²) < 4.78 is 7.92. The molecular formula is C16H25N3O. The molecule has 0 aliphatic carbocycles. The molecule has 0 bridgehead atoms. The molecule has 1 unspecified atom stereocenters. The minimum absolute atomic E-state index is 0.0562. The number of imidazole rings is 1. The van der Waals surface area contributed by atoms with Gasteiger partial charge in [-0.05, 0) is 31.9 Å². The van der Waals surface area contributed by atoms with Crippen LogP contribution < -0.4 is 10.5 Å². The smallest absolute Gasteiger partial charge is 0.126 e. The highest BCUT2D eigenvalue weighted by Crippen LogP contribution is 2.24. The fourth-order valence-corrected chi connectivity index (χ4v) is 2.34. The molecule has 1 aromatic carbocycles. The normalized spacial score (nSPS) is 12.8. The molecule has 0 saturated carbocycles. The lowest BCUT2D eigenvalue weighted by atomic mass is 10.2. The minimum Gasteiger partial charge on any atom is -0.494 e. The topological polar surface area (TPSA) is 53.1 Å². The number of rotatable bonds is 7. The van der Waals surface area contributed by atoms with Crippen LogP contribution in [0, 0.1) is 0 Å². The summed E-state index contributed by atoms with van der Waals surface area (Å²) in [7, 11) is 0. The molecule has 0 saturated heterocycles. The standard InChI is InChI=1S/C16H25N3O/c1-4-6-9-19-15-8-7-13(20-10-5-2)11-14(15)18-16(19)12(3)17/h7-8,11-12H,4-6,9-10,17H2,1-3H3. The fraction of sp³-hybridized carbons (Fsp3) is 0.562. The van der Waals surface area contributed by atoms with E-state index >= 15 is 0 Å². The monoisotopic (exact) mass is 275 g/mol. The molecule has 20 heavy (non-hydrogen) atoms. The third-order valence-corrected chi connectivity index (χ3v) is 3.36. The van der Waals surface area contributed by atoms with Crippen molar-refractivity contribution < 1.29 is 4.74 Å². The zero-order valence-electron chi connectivity index (χ0n) is 12.7. The van der Waals surface area contributed by atoms with Crippen molar-refractivity contribution in [1.29, 1.82) is 0 Å². The van der Waals surface area contributed by atoms with Crippen molar-refractivity contribution in [2.24, 2.45) is 5.73 Å². The number of hydrogen-bond acceptors (Lipinski definition) is 3. The van der Waals surface area contributed by atoms with Crippen LogP contribution in [0.1, 0.15) is 51.9 Å². The number of aromatic nitrogens is 2. The van der Waals surface area contributed by atoms with Gasteiger partial charge in [-0.15, -0.1) is 0 Å². The molecule has 1 heterocycles. The summed E-state index contributed by atoms with van der Waals surface area (Å²) in [4.78, 5) is 4.69. The number of aryl methyl sites for hydroxylation is 1. The minimum atomic E-state index is -0.0562. The maximum Gasteiger partial charge on any atom is 0.126 e. The van der Waals surface area contributed by atoms with E-state index in [1.165, 1.54) is 0 Å². The third-order valence-electron chi connectivity index (χ3n) is 3.36. The van der Waals surface area contributed by atoms with Crippen LogP contribution in [0.4, 0.5) is 0 Å². The Hall–Kier alpha value is -1.55. The maximum atomic E-state index is 6.05. The predicted molar refractivity (Wildman–Crippen MR) is 83.0 cm³/mol. The first-order valence-corrected chi connectivity index (χ1v) is 7.56. The van der Waals surface area contributed by atoms with Gasteiger partial charge in [-0.1, -0.05) is 20.3 Å². The van der Waals surface area contributed by atoms with Crippen molar-refractivity contribution in [2.45, 2.75) is 52.6 Å². The average molecular weight is 275 g/mol. The van der Waals surface area contributed by atoms with E-state index in [0.29, 0.717) is 0 Å². The number of hydrogen-bond donors (Lipinski definition) is 1. The van der Waals surface area contributed by atoms with Crippen molar-refractivity contribution in [1.82, 2.24) is 9.55 Å². The Bertz CT molecular complexity index is 560. The lowest BCUT2D eigenvalue weighted by molar-refractivity contribution is 0.318. The Morgan fingerprint density at radius 3 is 2.75 bits per heavy atom. The molecule has 4 nitrogen and oxygen atoms in total. The Morgan fingerprint density at radius 1 is 1.30 bits per heavy atom. The summed E-state index contributed by atoms with van der Waals surface area (Å²) in [5.41, 5.74) is 8.18. The van der Waals surface area contributed by atoms with Gasteiger partial charge < -0.3 is 15.0 Å². The SMILES string of the molecule is CCCCn1c(C(C)N)nc2cc(OCCC)ccc21. The molecule has 2 N–H and O–H groups in total. The Labute approximate surface area is 120 Å². The van der Waals surface area contributed by atoms with E-state index in [0.717, 1.165) is 55.0 Å². The molecule has 110 valence electrons. The number of benzene rings is 1. The summed E-state index contributed by atoms with van der Waals surface area (Å²) in [6.45, 7) is 7.99. The molecule has 2 aromatic rings. The van der Waals surface area contributed by atoms with Gasteiger partial charge in [0.2, 0.25) is 0 Å². The Balaban J connectivity index is 2.39. The zero-order valence-corrected chi connectivity index (χ0v) is 12.7. The molecule has 0 fully saturated rings. The van der Waals surface area contributed by atoms with Crippen LogP contribution in [0.2, 0.25) is 0 Å². The van der Waals surface area contributed by atoms with E-state index in [1.54, 1.807) is 0 Å². The van der Waals surface area contributed by atoms with Crippen LogP contribution in [0.25, 0.3) is 11.0 Å². The number of nitrogens with two attached hydrogens (primary N) is 1. The molecule has 0 radical (unpaired) electrons. The van der Waals surface area contributed by atoms with Gasteiger partial charge in [0.15, 0.2) is 0 Å². The first-order valence-electron chi connectivity index (χ1n) is 7.56. The highest BCUT2D eigenvalue weighted by atomic mass is 16.5. The Kier molecular flexibility index (Phi) is 5.01.